The first kappa shape index (κ1) is 22.0. The summed E-state index contributed by atoms with van der Waals surface area (Å²) in [5.41, 5.74) is 1.98. The van der Waals surface area contributed by atoms with Crippen molar-refractivity contribution in [2.75, 3.05) is 33.0 Å². The molecule has 0 amide bonds. The number of aliphatic hydroxyl groups excluding tert-OH is 1. The van der Waals surface area contributed by atoms with Crippen molar-refractivity contribution < 1.29 is 28.2 Å². The van der Waals surface area contributed by atoms with E-state index in [1.165, 1.54) is 5.56 Å². The zero-order valence-electron chi connectivity index (χ0n) is 19.6. The molecule has 0 spiro atoms. The van der Waals surface area contributed by atoms with E-state index in [9.17, 15) is 5.11 Å². The van der Waals surface area contributed by atoms with Crippen LogP contribution >= 0.6 is 0 Å². The summed E-state index contributed by atoms with van der Waals surface area (Å²) in [6, 6.07) is 13.7. The van der Waals surface area contributed by atoms with Gasteiger partial charge in [-0.3, -0.25) is 0 Å². The van der Waals surface area contributed by atoms with Crippen molar-refractivity contribution in [3.8, 4) is 28.9 Å². The number of rotatable bonds is 7. The van der Waals surface area contributed by atoms with E-state index in [0.717, 1.165) is 48.6 Å². The molecule has 0 radical (unpaired) electrons. The predicted molar refractivity (Wildman–Crippen MR) is 129 cm³/mol. The number of likely N-dealkylation sites (tertiary alicyclic amines) is 1. The van der Waals surface area contributed by atoms with Crippen LogP contribution in [0.4, 0.5) is 0 Å². The maximum absolute atomic E-state index is 10.7. The number of hydrogen-bond acceptors (Lipinski definition) is 8. The van der Waals surface area contributed by atoms with Gasteiger partial charge in [0.1, 0.15) is 29.8 Å². The summed E-state index contributed by atoms with van der Waals surface area (Å²) >= 11 is 0. The third-order valence-corrected chi connectivity index (χ3v) is 6.71. The van der Waals surface area contributed by atoms with E-state index in [2.05, 4.69) is 22.0 Å². The number of aliphatic hydroxyl groups is 1. The molecular formula is C27H28N2O6. The zero-order valence-corrected chi connectivity index (χ0v) is 19.6. The van der Waals surface area contributed by atoms with E-state index in [1.54, 1.807) is 6.20 Å². The first-order chi connectivity index (χ1) is 17.1. The van der Waals surface area contributed by atoms with E-state index >= 15 is 0 Å². The fourth-order valence-electron chi connectivity index (χ4n) is 4.89. The molecule has 182 valence electrons. The molecule has 0 bridgehead atoms. The van der Waals surface area contributed by atoms with Crippen LogP contribution in [0.3, 0.4) is 0 Å². The quantitative estimate of drug-likeness (QED) is 0.409. The number of benzene rings is 2. The average molecular weight is 477 g/mol. The van der Waals surface area contributed by atoms with Crippen molar-refractivity contribution in [1.29, 1.82) is 0 Å². The second kappa shape index (κ2) is 9.28. The van der Waals surface area contributed by atoms with Crippen molar-refractivity contribution in [3.05, 3.63) is 60.0 Å². The van der Waals surface area contributed by atoms with Crippen LogP contribution in [0.5, 0.6) is 17.2 Å². The van der Waals surface area contributed by atoms with Gasteiger partial charge in [-0.05, 0) is 68.6 Å². The molecule has 0 aliphatic carbocycles. The fourth-order valence-corrected chi connectivity index (χ4v) is 4.89. The van der Waals surface area contributed by atoms with Crippen molar-refractivity contribution in [2.24, 2.45) is 0 Å². The Balaban J connectivity index is 1.03. The Kier molecular flexibility index (Phi) is 5.83. The number of ether oxygens (including phenoxy) is 3. The van der Waals surface area contributed by atoms with Gasteiger partial charge in [-0.1, -0.05) is 12.1 Å². The van der Waals surface area contributed by atoms with E-state index in [0.29, 0.717) is 42.2 Å². The molecule has 2 aromatic carbocycles. The Bertz CT molecular complexity index is 1320. The summed E-state index contributed by atoms with van der Waals surface area (Å²) < 4.78 is 28.4. The van der Waals surface area contributed by atoms with Crippen molar-refractivity contribution in [2.45, 2.75) is 31.8 Å². The highest BCUT2D eigenvalue weighted by Gasteiger charge is 2.24. The molecule has 8 heteroatoms. The van der Waals surface area contributed by atoms with Gasteiger partial charge in [0.25, 0.3) is 5.89 Å². The van der Waals surface area contributed by atoms with Crippen LogP contribution in [0.1, 0.15) is 30.1 Å². The smallest absolute Gasteiger partial charge is 0.263 e. The number of aryl methyl sites for hydroxylation is 1. The third-order valence-electron chi connectivity index (χ3n) is 6.71. The number of oxazole rings is 1. The van der Waals surface area contributed by atoms with Crippen LogP contribution < -0.4 is 14.2 Å². The van der Waals surface area contributed by atoms with E-state index in [-0.39, 0.29) is 6.61 Å². The zero-order chi connectivity index (χ0) is 23.8. The minimum atomic E-state index is -0.590. The third kappa shape index (κ3) is 4.59. The van der Waals surface area contributed by atoms with E-state index < -0.39 is 6.10 Å². The monoisotopic (exact) mass is 476 g/mol. The van der Waals surface area contributed by atoms with Crippen molar-refractivity contribution in [1.82, 2.24) is 9.88 Å². The Morgan fingerprint density at radius 3 is 2.77 bits per heavy atom. The number of piperidine rings is 1. The first-order valence-corrected chi connectivity index (χ1v) is 12.0. The van der Waals surface area contributed by atoms with Crippen LogP contribution in [0.15, 0.2) is 57.5 Å². The Hall–Kier alpha value is -3.49. The number of β-amino-alcohol motifs (C(OH)–C–C–N with tert-alkyl or cyclic N) is 1. The van der Waals surface area contributed by atoms with Crippen LogP contribution in [-0.4, -0.2) is 54.1 Å². The maximum Gasteiger partial charge on any atom is 0.263 e. The minimum absolute atomic E-state index is 0.208. The lowest BCUT2D eigenvalue weighted by atomic mass is 9.89. The Morgan fingerprint density at radius 2 is 1.94 bits per heavy atom. The second-order valence-electron chi connectivity index (χ2n) is 9.21. The highest BCUT2D eigenvalue weighted by Crippen LogP contribution is 2.37. The van der Waals surface area contributed by atoms with Crippen LogP contribution in [0.25, 0.3) is 22.6 Å². The molecule has 2 aromatic heterocycles. The normalized spacial score (nSPS) is 17.2. The molecule has 4 heterocycles. The van der Waals surface area contributed by atoms with Crippen LogP contribution in [0, 0.1) is 6.92 Å². The van der Waals surface area contributed by atoms with Gasteiger partial charge in [0.05, 0.1) is 11.6 Å². The highest BCUT2D eigenvalue weighted by atomic mass is 16.7. The summed E-state index contributed by atoms with van der Waals surface area (Å²) in [4.78, 5) is 6.54. The van der Waals surface area contributed by atoms with Crippen LogP contribution in [0.2, 0.25) is 0 Å². The molecule has 1 N–H and O–H groups in total. The molecule has 35 heavy (non-hydrogen) atoms. The summed E-state index contributed by atoms with van der Waals surface area (Å²) in [5, 5.41) is 11.5. The molecular weight excluding hydrogens is 448 g/mol. The molecule has 1 saturated heterocycles. The standard InChI is InChI=1S/C27H28N2O6/c1-17-13-28-27(34-17)26-12-21-22(3-2-4-23(21)35-26)31-15-20(30)14-29-9-7-18(8-10-29)19-5-6-24-25(11-19)33-16-32-24/h2-6,11-13,18,20,30H,7-10,14-16H2,1H3. The lowest BCUT2D eigenvalue weighted by Gasteiger charge is -2.33. The molecule has 0 saturated carbocycles. The second-order valence-corrected chi connectivity index (χ2v) is 9.21. The summed E-state index contributed by atoms with van der Waals surface area (Å²) in [6.07, 6.45) is 3.16. The number of nitrogens with zero attached hydrogens (tertiary/aromatic N) is 2. The molecule has 6 rings (SSSR count). The minimum Gasteiger partial charge on any atom is -0.490 e. The van der Waals surface area contributed by atoms with E-state index in [1.807, 2.05) is 37.3 Å². The molecule has 1 unspecified atom stereocenters. The Labute approximate surface area is 203 Å². The van der Waals surface area contributed by atoms with Gasteiger partial charge in [-0.25, -0.2) is 4.98 Å². The van der Waals surface area contributed by atoms with Gasteiger partial charge < -0.3 is 33.1 Å². The molecule has 2 aliphatic heterocycles. The van der Waals surface area contributed by atoms with Crippen molar-refractivity contribution >= 4 is 11.0 Å². The maximum atomic E-state index is 10.7. The Morgan fingerprint density at radius 1 is 1.09 bits per heavy atom. The molecule has 8 nitrogen and oxygen atoms in total. The fraction of sp³-hybridized carbons (Fsp3) is 0.370. The highest BCUT2D eigenvalue weighted by molar-refractivity contribution is 5.87. The largest absolute Gasteiger partial charge is 0.490 e. The van der Waals surface area contributed by atoms with E-state index in [4.69, 9.17) is 23.0 Å². The van der Waals surface area contributed by atoms with Crippen LogP contribution in [-0.2, 0) is 0 Å². The van der Waals surface area contributed by atoms with Gasteiger partial charge in [-0.15, -0.1) is 0 Å². The van der Waals surface area contributed by atoms with Gasteiger partial charge >= 0.3 is 0 Å². The number of aromatic nitrogens is 1. The molecule has 1 atom stereocenters. The first-order valence-electron chi connectivity index (χ1n) is 12.0. The van der Waals surface area contributed by atoms with Gasteiger partial charge in [0.2, 0.25) is 6.79 Å². The average Bonchev–Trinajstić information content (AvgIpc) is 3.62. The number of fused-ring (bicyclic) bond motifs is 2. The molecule has 2 aliphatic rings. The summed E-state index contributed by atoms with van der Waals surface area (Å²) in [7, 11) is 0. The van der Waals surface area contributed by atoms with Gasteiger partial charge in [0.15, 0.2) is 17.3 Å². The molecule has 1 fully saturated rings. The predicted octanol–water partition coefficient (Wildman–Crippen LogP) is 4.74. The summed E-state index contributed by atoms with van der Waals surface area (Å²) in [5.74, 6) is 4.54. The number of furan rings is 1. The van der Waals surface area contributed by atoms with Crippen molar-refractivity contribution in [3.63, 3.8) is 0 Å². The van der Waals surface area contributed by atoms with Gasteiger partial charge in [0, 0.05) is 12.6 Å². The lowest BCUT2D eigenvalue weighted by molar-refractivity contribution is 0.0599. The summed E-state index contributed by atoms with van der Waals surface area (Å²) in [6.45, 7) is 4.80. The number of hydrogen-bond donors (Lipinski definition) is 1. The molecule has 4 aromatic rings. The SMILES string of the molecule is Cc1cnc(-c2cc3c(OCC(O)CN4CCC(c5ccc6c(c5)OCO6)CC4)cccc3o2)o1. The lowest BCUT2D eigenvalue weighted by Crippen LogP contribution is -2.40. The van der Waals surface area contributed by atoms with Gasteiger partial charge in [-0.2, -0.15) is 0 Å². The topological polar surface area (TPSA) is 90.3 Å².